The summed E-state index contributed by atoms with van der Waals surface area (Å²) < 4.78 is 5.02. The fourth-order valence-corrected chi connectivity index (χ4v) is 2.28. The standard InChI is InChI=1S/C13H22N4O/c1-10-16-12(11-4-3-5-14-9-11)8-13(17-10)15-6-7-18-2/h8,11,14H,3-7,9H2,1-2H3,(H,15,16,17). The van der Waals surface area contributed by atoms with Crippen LogP contribution in [0.25, 0.3) is 0 Å². The van der Waals surface area contributed by atoms with E-state index < -0.39 is 0 Å². The van der Waals surface area contributed by atoms with Crippen LogP contribution >= 0.6 is 0 Å². The predicted molar refractivity (Wildman–Crippen MR) is 72.0 cm³/mol. The first-order valence-electron chi connectivity index (χ1n) is 6.58. The molecule has 18 heavy (non-hydrogen) atoms. The molecule has 5 heteroatoms. The van der Waals surface area contributed by atoms with Gasteiger partial charge in [-0.05, 0) is 26.3 Å². The van der Waals surface area contributed by atoms with Crippen molar-refractivity contribution in [1.29, 1.82) is 0 Å². The number of nitrogens with zero attached hydrogens (tertiary/aromatic N) is 2. The number of nitrogens with one attached hydrogen (secondary N) is 2. The number of aryl methyl sites for hydroxylation is 1. The van der Waals surface area contributed by atoms with Gasteiger partial charge in [-0.3, -0.25) is 0 Å². The Hall–Kier alpha value is -1.20. The summed E-state index contributed by atoms with van der Waals surface area (Å²) >= 11 is 0. The molecule has 2 N–H and O–H groups in total. The van der Waals surface area contributed by atoms with Gasteiger partial charge in [-0.1, -0.05) is 0 Å². The Morgan fingerprint density at radius 1 is 1.50 bits per heavy atom. The third-order valence-corrected chi connectivity index (χ3v) is 3.19. The minimum atomic E-state index is 0.517. The van der Waals surface area contributed by atoms with Crippen LogP contribution in [0.3, 0.4) is 0 Å². The van der Waals surface area contributed by atoms with Crippen molar-refractivity contribution in [2.75, 3.05) is 38.7 Å². The molecule has 0 aliphatic carbocycles. The van der Waals surface area contributed by atoms with Crippen molar-refractivity contribution in [2.24, 2.45) is 0 Å². The minimum Gasteiger partial charge on any atom is -0.383 e. The van der Waals surface area contributed by atoms with Crippen LogP contribution in [0.2, 0.25) is 0 Å². The SMILES string of the molecule is COCCNc1cc(C2CCCNC2)nc(C)n1. The number of hydrogen-bond acceptors (Lipinski definition) is 5. The van der Waals surface area contributed by atoms with Gasteiger partial charge < -0.3 is 15.4 Å². The summed E-state index contributed by atoms with van der Waals surface area (Å²) in [5.74, 6) is 2.25. The molecule has 0 radical (unpaired) electrons. The van der Waals surface area contributed by atoms with Gasteiger partial charge in [0.1, 0.15) is 11.6 Å². The van der Waals surface area contributed by atoms with Gasteiger partial charge in [0.15, 0.2) is 0 Å². The zero-order chi connectivity index (χ0) is 12.8. The van der Waals surface area contributed by atoms with Gasteiger partial charge in [-0.25, -0.2) is 9.97 Å². The first kappa shape index (κ1) is 13.2. The van der Waals surface area contributed by atoms with Crippen molar-refractivity contribution in [3.63, 3.8) is 0 Å². The molecule has 5 nitrogen and oxygen atoms in total. The highest BCUT2D eigenvalue weighted by atomic mass is 16.5. The van der Waals surface area contributed by atoms with Crippen LogP contribution in [0.4, 0.5) is 5.82 Å². The smallest absolute Gasteiger partial charge is 0.130 e. The summed E-state index contributed by atoms with van der Waals surface area (Å²) in [5.41, 5.74) is 1.15. The lowest BCUT2D eigenvalue weighted by atomic mass is 9.96. The third kappa shape index (κ3) is 3.65. The number of ether oxygens (including phenoxy) is 1. The normalized spacial score (nSPS) is 19.8. The van der Waals surface area contributed by atoms with Crippen molar-refractivity contribution < 1.29 is 4.74 Å². The van der Waals surface area contributed by atoms with Crippen LogP contribution in [-0.2, 0) is 4.74 Å². The lowest BCUT2D eigenvalue weighted by Crippen LogP contribution is -2.29. The molecule has 0 spiro atoms. The van der Waals surface area contributed by atoms with Crippen molar-refractivity contribution in [1.82, 2.24) is 15.3 Å². The number of hydrogen-bond donors (Lipinski definition) is 2. The van der Waals surface area contributed by atoms with Crippen molar-refractivity contribution >= 4 is 5.82 Å². The minimum absolute atomic E-state index is 0.517. The van der Waals surface area contributed by atoms with E-state index in [0.717, 1.165) is 37.0 Å². The number of rotatable bonds is 5. The number of aromatic nitrogens is 2. The maximum Gasteiger partial charge on any atom is 0.130 e. The van der Waals surface area contributed by atoms with Gasteiger partial charge in [0.25, 0.3) is 0 Å². The molecular formula is C13H22N4O. The van der Waals surface area contributed by atoms with E-state index >= 15 is 0 Å². The summed E-state index contributed by atoms with van der Waals surface area (Å²) in [7, 11) is 1.70. The summed E-state index contributed by atoms with van der Waals surface area (Å²) in [6, 6.07) is 2.07. The zero-order valence-corrected chi connectivity index (χ0v) is 11.2. The van der Waals surface area contributed by atoms with E-state index in [9.17, 15) is 0 Å². The van der Waals surface area contributed by atoms with Gasteiger partial charge in [0.05, 0.1) is 12.3 Å². The van der Waals surface area contributed by atoms with E-state index in [1.165, 1.54) is 12.8 Å². The fraction of sp³-hybridized carbons (Fsp3) is 0.692. The van der Waals surface area contributed by atoms with Gasteiger partial charge in [-0.15, -0.1) is 0 Å². The Morgan fingerprint density at radius 3 is 3.11 bits per heavy atom. The zero-order valence-electron chi connectivity index (χ0n) is 11.2. The summed E-state index contributed by atoms with van der Waals surface area (Å²) in [6.07, 6.45) is 2.43. The summed E-state index contributed by atoms with van der Waals surface area (Å²) in [5, 5.41) is 6.69. The Bertz CT molecular complexity index is 377. The second kappa shape index (κ2) is 6.66. The molecule has 1 aromatic rings. The molecule has 1 aliphatic heterocycles. The topological polar surface area (TPSA) is 59.1 Å². The molecule has 2 heterocycles. The van der Waals surface area contributed by atoms with Crippen LogP contribution in [-0.4, -0.2) is 43.3 Å². The molecule has 1 aromatic heterocycles. The Morgan fingerprint density at radius 2 is 2.39 bits per heavy atom. The van der Waals surface area contributed by atoms with Gasteiger partial charge in [0.2, 0.25) is 0 Å². The molecule has 1 atom stereocenters. The first-order valence-corrected chi connectivity index (χ1v) is 6.58. The molecule has 1 aliphatic rings. The molecule has 100 valence electrons. The third-order valence-electron chi connectivity index (χ3n) is 3.19. The second-order valence-corrected chi connectivity index (χ2v) is 4.69. The lowest BCUT2D eigenvalue weighted by Gasteiger charge is -2.22. The van der Waals surface area contributed by atoms with Crippen LogP contribution in [0.5, 0.6) is 0 Å². The Balaban J connectivity index is 2.05. The number of piperidine rings is 1. The molecule has 1 fully saturated rings. The van der Waals surface area contributed by atoms with Crippen LogP contribution < -0.4 is 10.6 Å². The molecule has 0 aromatic carbocycles. The maximum absolute atomic E-state index is 5.02. The van der Waals surface area contributed by atoms with E-state index in [0.29, 0.717) is 12.5 Å². The molecule has 0 amide bonds. The quantitative estimate of drug-likeness (QED) is 0.772. The van der Waals surface area contributed by atoms with E-state index in [1.807, 2.05) is 6.92 Å². The highest BCUT2D eigenvalue weighted by molar-refractivity contribution is 5.37. The van der Waals surface area contributed by atoms with E-state index in [2.05, 4.69) is 26.7 Å². The molecule has 0 bridgehead atoms. The van der Waals surface area contributed by atoms with Gasteiger partial charge in [0, 0.05) is 32.2 Å². The average Bonchev–Trinajstić information content (AvgIpc) is 2.39. The van der Waals surface area contributed by atoms with E-state index in [-0.39, 0.29) is 0 Å². The molecule has 1 unspecified atom stereocenters. The van der Waals surface area contributed by atoms with Gasteiger partial charge in [-0.2, -0.15) is 0 Å². The second-order valence-electron chi connectivity index (χ2n) is 4.69. The Labute approximate surface area is 108 Å². The monoisotopic (exact) mass is 250 g/mol. The van der Waals surface area contributed by atoms with E-state index in [1.54, 1.807) is 7.11 Å². The van der Waals surface area contributed by atoms with Crippen LogP contribution in [0, 0.1) is 6.92 Å². The van der Waals surface area contributed by atoms with Crippen molar-refractivity contribution in [3.05, 3.63) is 17.6 Å². The van der Waals surface area contributed by atoms with Gasteiger partial charge >= 0.3 is 0 Å². The average molecular weight is 250 g/mol. The highest BCUT2D eigenvalue weighted by Crippen LogP contribution is 2.23. The fourth-order valence-electron chi connectivity index (χ4n) is 2.28. The summed E-state index contributed by atoms with van der Waals surface area (Å²) in [6.45, 7) is 5.55. The van der Waals surface area contributed by atoms with Crippen LogP contribution in [0.1, 0.15) is 30.3 Å². The molecule has 0 saturated carbocycles. The first-order chi connectivity index (χ1) is 8.79. The van der Waals surface area contributed by atoms with Crippen molar-refractivity contribution in [2.45, 2.75) is 25.7 Å². The Kier molecular flexibility index (Phi) is 4.90. The number of anilines is 1. The lowest BCUT2D eigenvalue weighted by molar-refractivity contribution is 0.210. The summed E-state index contributed by atoms with van der Waals surface area (Å²) in [4.78, 5) is 8.97. The van der Waals surface area contributed by atoms with E-state index in [4.69, 9.17) is 4.74 Å². The highest BCUT2D eigenvalue weighted by Gasteiger charge is 2.17. The molecule has 2 rings (SSSR count). The van der Waals surface area contributed by atoms with Crippen molar-refractivity contribution in [3.8, 4) is 0 Å². The number of methoxy groups -OCH3 is 1. The largest absolute Gasteiger partial charge is 0.383 e. The molecular weight excluding hydrogens is 228 g/mol. The maximum atomic E-state index is 5.02. The predicted octanol–water partition coefficient (Wildman–Crippen LogP) is 1.31. The van der Waals surface area contributed by atoms with Crippen LogP contribution in [0.15, 0.2) is 6.07 Å². The molecule has 1 saturated heterocycles.